The predicted octanol–water partition coefficient (Wildman–Crippen LogP) is 9.50. The Morgan fingerprint density at radius 2 is 1.14 bits per heavy atom. The average molecular weight is 809 g/mol. The van der Waals surface area contributed by atoms with E-state index in [1.807, 2.05) is 72.8 Å². The van der Waals surface area contributed by atoms with Crippen LogP contribution in [-0.4, -0.2) is 36.5 Å². The Kier molecular flexibility index (Phi) is 9.71. The third-order valence-corrected chi connectivity index (χ3v) is 9.41. The molecule has 49 heavy (non-hydrogen) atoms. The Morgan fingerprint density at radius 1 is 0.653 bits per heavy atom. The van der Waals surface area contributed by atoms with E-state index < -0.39 is 16.5 Å². The van der Waals surface area contributed by atoms with Gasteiger partial charge in [0.05, 0.1) is 36.7 Å². The molecule has 6 aromatic rings. The summed E-state index contributed by atoms with van der Waals surface area (Å²) >= 11 is 14.3. The number of nitrogens with zero attached hydrogens (tertiary/aromatic N) is 2. The Bertz CT molecular complexity index is 2090. The predicted molar refractivity (Wildman–Crippen MR) is 194 cm³/mol. The van der Waals surface area contributed by atoms with E-state index in [4.69, 9.17) is 46.7 Å². The molecule has 0 unspecified atom stereocenters. The zero-order valence-corrected chi connectivity index (χ0v) is 29.4. The number of rotatable bonds is 6. The quantitative estimate of drug-likeness (QED) is 0.0931. The van der Waals surface area contributed by atoms with E-state index in [2.05, 4.69) is 33.8 Å². The van der Waals surface area contributed by atoms with Crippen LogP contribution in [0.5, 0.6) is 0 Å². The van der Waals surface area contributed by atoms with Crippen LogP contribution in [0.4, 0.5) is 5.69 Å². The summed E-state index contributed by atoms with van der Waals surface area (Å²) in [6, 6.07) is 35.0. The minimum atomic E-state index is -1.03. The second kappa shape index (κ2) is 14.2. The van der Waals surface area contributed by atoms with Crippen molar-refractivity contribution in [3.05, 3.63) is 161 Å². The molecule has 0 aliphatic carbocycles. The average Bonchev–Trinajstić information content (AvgIpc) is 3.90. The van der Waals surface area contributed by atoms with Crippen LogP contribution in [0.1, 0.15) is 22.3 Å². The molecule has 2 fully saturated rings. The van der Waals surface area contributed by atoms with Crippen molar-refractivity contribution in [2.45, 2.75) is 11.6 Å². The van der Waals surface area contributed by atoms with Crippen molar-refractivity contribution in [3.63, 3.8) is 0 Å². The van der Waals surface area contributed by atoms with Gasteiger partial charge in [0, 0.05) is 53.6 Å². The number of nitro groups is 1. The third-order valence-electron chi connectivity index (χ3n) is 8.24. The van der Waals surface area contributed by atoms with Crippen LogP contribution in [-0.2, 0) is 30.5 Å². The highest BCUT2D eigenvalue weighted by Crippen LogP contribution is 2.42. The molecule has 0 N–H and O–H groups in total. The summed E-state index contributed by atoms with van der Waals surface area (Å²) in [5.41, 5.74) is 5.13. The summed E-state index contributed by atoms with van der Waals surface area (Å²) in [6.07, 6.45) is 0. The van der Waals surface area contributed by atoms with Gasteiger partial charge in [0.2, 0.25) is 11.6 Å². The van der Waals surface area contributed by atoms with Crippen molar-refractivity contribution in [3.8, 4) is 11.3 Å². The van der Waals surface area contributed by atoms with E-state index >= 15 is 0 Å². The van der Waals surface area contributed by atoms with E-state index in [1.54, 1.807) is 24.3 Å². The molecule has 2 aliphatic rings. The normalized spacial score (nSPS) is 16.3. The highest BCUT2D eigenvalue weighted by molar-refractivity contribution is 14.1. The van der Waals surface area contributed by atoms with Crippen molar-refractivity contribution in [2.75, 3.05) is 26.4 Å². The number of non-ortho nitro benzene ring substituents is 1. The molecule has 8 rings (SSSR count). The number of halogens is 3. The van der Waals surface area contributed by atoms with Gasteiger partial charge in [0.25, 0.3) is 5.69 Å². The van der Waals surface area contributed by atoms with Crippen LogP contribution in [0.2, 0.25) is 10.0 Å². The topological polar surface area (TPSA) is 106 Å². The maximum Gasteiger partial charge on any atom is 0.269 e. The molecule has 0 spiro atoms. The highest BCUT2D eigenvalue weighted by Gasteiger charge is 2.42. The van der Waals surface area contributed by atoms with Crippen LogP contribution >= 0.6 is 45.8 Å². The molecule has 2 aliphatic heterocycles. The van der Waals surface area contributed by atoms with Crippen molar-refractivity contribution in [1.29, 1.82) is 0 Å². The van der Waals surface area contributed by atoms with E-state index in [0.717, 1.165) is 42.5 Å². The second-order valence-corrected chi connectivity index (χ2v) is 13.3. The monoisotopic (exact) mass is 808 g/mol. The number of hydrogen-bond donors (Lipinski definition) is 0. The first kappa shape index (κ1) is 33.6. The molecular weight excluding hydrogens is 782 g/mol. The molecule has 2 saturated heterocycles. The summed E-state index contributed by atoms with van der Waals surface area (Å²) in [5, 5.41) is 17.2. The molecule has 9 nitrogen and oxygen atoms in total. The first-order valence-corrected chi connectivity index (χ1v) is 17.1. The number of fused-ring (bicyclic) bond motifs is 1. The van der Waals surface area contributed by atoms with Gasteiger partial charge in [-0.2, -0.15) is 0 Å². The van der Waals surface area contributed by atoms with Crippen molar-refractivity contribution in [1.82, 2.24) is 5.16 Å². The zero-order valence-electron chi connectivity index (χ0n) is 25.7. The molecule has 0 bridgehead atoms. The van der Waals surface area contributed by atoms with Gasteiger partial charge in [-0.25, -0.2) is 0 Å². The van der Waals surface area contributed by atoms with Gasteiger partial charge in [-0.3, -0.25) is 10.1 Å². The Labute approximate surface area is 304 Å². The van der Waals surface area contributed by atoms with Crippen molar-refractivity contribution >= 4 is 62.4 Å². The van der Waals surface area contributed by atoms with Crippen LogP contribution < -0.4 is 0 Å². The van der Waals surface area contributed by atoms with E-state index in [-0.39, 0.29) is 5.69 Å². The van der Waals surface area contributed by atoms with Gasteiger partial charge < -0.3 is 23.5 Å². The Hall–Kier alpha value is -3.88. The Balaban J connectivity index is 0.000000161. The summed E-state index contributed by atoms with van der Waals surface area (Å²) < 4.78 is 30.7. The van der Waals surface area contributed by atoms with Gasteiger partial charge in [-0.05, 0) is 83.3 Å². The lowest BCUT2D eigenvalue weighted by atomic mass is 9.95. The lowest BCUT2D eigenvalue weighted by Crippen LogP contribution is -2.28. The minimum absolute atomic E-state index is 0.0306. The number of aromatic nitrogens is 1. The third kappa shape index (κ3) is 6.70. The number of nitro benzene ring substituents is 1. The number of ether oxygens (including phenoxy) is 4. The smallest absolute Gasteiger partial charge is 0.269 e. The standard InChI is InChI=1S/C22H15ClINO3.C15H12ClNO4/c23-17-7-4-15(5-8-17)22(26-10-11-27-22)16-6-9-20-19(13-16)21(28-25-20)14-2-1-3-18(24)12-14;16-13-5-1-11(2-6-13)15(20-9-10-21-15)12-3-7-14(8-4-12)17(18)19/h1-9,12-13H,10-11H2;1-8H,9-10H2. The minimum Gasteiger partial charge on any atom is -0.355 e. The largest absolute Gasteiger partial charge is 0.355 e. The first-order chi connectivity index (χ1) is 23.8. The molecule has 0 saturated carbocycles. The fourth-order valence-electron chi connectivity index (χ4n) is 5.95. The molecule has 1 aromatic heterocycles. The lowest BCUT2D eigenvalue weighted by Gasteiger charge is -2.28. The fraction of sp³-hybridized carbons (Fsp3) is 0.162. The lowest BCUT2D eigenvalue weighted by molar-refractivity contribution is -0.384. The van der Waals surface area contributed by atoms with Gasteiger partial charge in [0.1, 0.15) is 5.52 Å². The summed E-state index contributed by atoms with van der Waals surface area (Å²) in [6.45, 7) is 1.96. The maximum absolute atomic E-state index is 10.7. The fourth-order valence-corrected chi connectivity index (χ4v) is 6.75. The van der Waals surface area contributed by atoms with Crippen LogP contribution in [0.25, 0.3) is 22.2 Å². The van der Waals surface area contributed by atoms with Crippen LogP contribution in [0.15, 0.2) is 120 Å². The van der Waals surface area contributed by atoms with Gasteiger partial charge in [-0.1, -0.05) is 70.8 Å². The molecule has 248 valence electrons. The van der Waals surface area contributed by atoms with E-state index in [0.29, 0.717) is 42.0 Å². The number of hydrogen-bond acceptors (Lipinski definition) is 8. The Morgan fingerprint density at radius 3 is 1.65 bits per heavy atom. The first-order valence-electron chi connectivity index (χ1n) is 15.3. The molecule has 0 atom stereocenters. The second-order valence-electron chi connectivity index (χ2n) is 11.2. The van der Waals surface area contributed by atoms with Crippen molar-refractivity contribution in [2.24, 2.45) is 0 Å². The molecule has 3 heterocycles. The highest BCUT2D eigenvalue weighted by atomic mass is 127. The SMILES string of the molecule is Clc1ccc(C2(c3ccc4noc(-c5cccc(I)c5)c4c3)OCCO2)cc1.O=[N+]([O-])c1ccc(C2(c3ccc(Cl)cc3)OCCO2)cc1. The van der Waals surface area contributed by atoms with Crippen LogP contribution in [0, 0.1) is 13.7 Å². The molecular formula is C37H27Cl2IN2O7. The van der Waals surface area contributed by atoms with Gasteiger partial charge in [0.15, 0.2) is 5.76 Å². The molecule has 5 aromatic carbocycles. The van der Waals surface area contributed by atoms with Gasteiger partial charge >= 0.3 is 0 Å². The van der Waals surface area contributed by atoms with E-state index in [9.17, 15) is 10.1 Å². The molecule has 0 radical (unpaired) electrons. The summed E-state index contributed by atoms with van der Waals surface area (Å²) in [5.74, 6) is -1.25. The van der Waals surface area contributed by atoms with Crippen LogP contribution in [0.3, 0.4) is 0 Å². The summed E-state index contributed by atoms with van der Waals surface area (Å²) in [7, 11) is 0. The van der Waals surface area contributed by atoms with E-state index in [1.165, 1.54) is 12.1 Å². The van der Waals surface area contributed by atoms with Gasteiger partial charge in [-0.15, -0.1) is 0 Å². The maximum atomic E-state index is 10.7. The zero-order chi connectivity index (χ0) is 34.0. The summed E-state index contributed by atoms with van der Waals surface area (Å²) in [4.78, 5) is 10.3. The molecule has 0 amide bonds. The number of benzene rings is 5. The van der Waals surface area contributed by atoms with Crippen molar-refractivity contribution < 1.29 is 28.4 Å². The molecule has 12 heteroatoms.